The van der Waals surface area contributed by atoms with Crippen molar-refractivity contribution in [2.75, 3.05) is 5.32 Å². The number of aromatic amines is 2. The van der Waals surface area contributed by atoms with Crippen molar-refractivity contribution < 1.29 is 4.79 Å². The summed E-state index contributed by atoms with van der Waals surface area (Å²) in [6.07, 6.45) is 0. The van der Waals surface area contributed by atoms with Gasteiger partial charge in [-0.2, -0.15) is 20.4 Å². The number of nitrogens with one attached hydrogen (secondary N) is 3. The third kappa shape index (κ3) is 1.79. The lowest BCUT2D eigenvalue weighted by molar-refractivity contribution is 0.102. The first-order chi connectivity index (χ1) is 8.72. The molecule has 1 aromatic carbocycles. The highest BCUT2D eigenvalue weighted by Crippen LogP contribution is 2.11. The normalized spacial score (nSPS) is 10.7. The van der Waals surface area contributed by atoms with Gasteiger partial charge < -0.3 is 0 Å². The van der Waals surface area contributed by atoms with E-state index >= 15 is 0 Å². The van der Waals surface area contributed by atoms with Crippen molar-refractivity contribution in [2.24, 2.45) is 0 Å². The molecule has 0 aliphatic carbocycles. The van der Waals surface area contributed by atoms with Crippen LogP contribution in [0.3, 0.4) is 0 Å². The molecule has 0 aliphatic rings. The lowest BCUT2D eigenvalue weighted by Gasteiger charge is -2.00. The summed E-state index contributed by atoms with van der Waals surface area (Å²) in [5.74, 6) is 0.592. The number of H-pyrrole nitrogens is 2. The smallest absolute Gasteiger partial charge is 0.258 e. The minimum absolute atomic E-state index is 0.248. The van der Waals surface area contributed by atoms with Gasteiger partial charge in [0.2, 0.25) is 5.95 Å². The molecular weight excluding hydrogens is 234 g/mol. The van der Waals surface area contributed by atoms with Crippen LogP contribution in [0.5, 0.6) is 0 Å². The van der Waals surface area contributed by atoms with Gasteiger partial charge in [0.1, 0.15) is 16.9 Å². The fraction of sp³-hybridized carbons (Fsp3) is 0.100. The molecule has 0 bridgehead atoms. The molecule has 3 rings (SSSR count). The lowest BCUT2D eigenvalue weighted by atomic mass is 10.2. The Labute approximate surface area is 101 Å². The number of carbonyl (C=O) groups excluding carboxylic acids is 1. The van der Waals surface area contributed by atoms with Crippen molar-refractivity contribution in [1.82, 2.24) is 30.6 Å². The lowest BCUT2D eigenvalue weighted by Crippen LogP contribution is -2.12. The number of amides is 1. The van der Waals surface area contributed by atoms with Crippen LogP contribution in [0.25, 0.3) is 11.0 Å². The van der Waals surface area contributed by atoms with Crippen LogP contribution < -0.4 is 5.32 Å². The predicted molar refractivity (Wildman–Crippen MR) is 63.0 cm³/mol. The van der Waals surface area contributed by atoms with Crippen LogP contribution in [0.1, 0.15) is 16.2 Å². The molecule has 2 aromatic heterocycles. The van der Waals surface area contributed by atoms with Gasteiger partial charge in [-0.25, -0.2) is 0 Å². The van der Waals surface area contributed by atoms with E-state index in [0.717, 1.165) is 0 Å². The molecule has 0 saturated carbocycles. The second-order valence-electron chi connectivity index (χ2n) is 3.73. The van der Waals surface area contributed by atoms with Gasteiger partial charge in [-0.15, -0.1) is 5.10 Å². The van der Waals surface area contributed by atoms with Crippen LogP contribution in [0, 0.1) is 6.92 Å². The highest BCUT2D eigenvalue weighted by atomic mass is 16.1. The minimum Gasteiger partial charge on any atom is -0.289 e. The quantitative estimate of drug-likeness (QED) is 0.611. The van der Waals surface area contributed by atoms with E-state index in [-0.39, 0.29) is 11.9 Å². The van der Waals surface area contributed by atoms with Crippen LogP contribution in [0.15, 0.2) is 18.2 Å². The first kappa shape index (κ1) is 10.4. The predicted octanol–water partition coefficient (Wildman–Crippen LogP) is 0.637. The summed E-state index contributed by atoms with van der Waals surface area (Å²) in [5.41, 5.74) is 1.81. The van der Waals surface area contributed by atoms with E-state index in [0.29, 0.717) is 22.4 Å². The number of rotatable bonds is 2. The second-order valence-corrected chi connectivity index (χ2v) is 3.73. The molecule has 0 radical (unpaired) electrons. The molecule has 1 amide bonds. The van der Waals surface area contributed by atoms with Gasteiger partial charge in [-0.05, 0) is 25.1 Å². The summed E-state index contributed by atoms with van der Waals surface area (Å²) in [7, 11) is 0. The fourth-order valence-corrected chi connectivity index (χ4v) is 1.55. The molecule has 3 aromatic rings. The topological polar surface area (TPSA) is 112 Å². The van der Waals surface area contributed by atoms with Gasteiger partial charge >= 0.3 is 0 Å². The molecule has 3 N–H and O–H groups in total. The Kier molecular flexibility index (Phi) is 2.26. The van der Waals surface area contributed by atoms with Crippen molar-refractivity contribution in [3.8, 4) is 0 Å². The van der Waals surface area contributed by atoms with E-state index in [9.17, 15) is 4.79 Å². The Morgan fingerprint density at radius 1 is 1.22 bits per heavy atom. The zero-order valence-corrected chi connectivity index (χ0v) is 9.43. The highest BCUT2D eigenvalue weighted by Gasteiger charge is 2.10. The highest BCUT2D eigenvalue weighted by molar-refractivity contribution is 6.04. The van der Waals surface area contributed by atoms with Crippen LogP contribution >= 0.6 is 0 Å². The van der Waals surface area contributed by atoms with Crippen LogP contribution in [-0.4, -0.2) is 36.5 Å². The largest absolute Gasteiger partial charge is 0.289 e. The van der Waals surface area contributed by atoms with Crippen molar-refractivity contribution in [1.29, 1.82) is 0 Å². The number of nitrogens with zero attached hydrogens (tertiary/aromatic N) is 4. The molecule has 0 spiro atoms. The second kappa shape index (κ2) is 3.91. The van der Waals surface area contributed by atoms with Gasteiger partial charge in [-0.3, -0.25) is 15.2 Å². The molecule has 0 atom stereocenters. The number of aryl methyl sites for hydroxylation is 1. The Balaban J connectivity index is 1.87. The van der Waals surface area contributed by atoms with Crippen LogP contribution in [-0.2, 0) is 0 Å². The average Bonchev–Trinajstić information content (AvgIpc) is 2.96. The number of carbonyl (C=O) groups is 1. The number of aromatic nitrogens is 6. The van der Waals surface area contributed by atoms with Crippen molar-refractivity contribution in [3.63, 3.8) is 0 Å². The summed E-state index contributed by atoms with van der Waals surface area (Å²) < 4.78 is 0. The monoisotopic (exact) mass is 243 g/mol. The molecule has 8 heteroatoms. The number of anilines is 1. The zero-order valence-electron chi connectivity index (χ0n) is 9.43. The van der Waals surface area contributed by atoms with Gasteiger partial charge in [0.25, 0.3) is 5.91 Å². The van der Waals surface area contributed by atoms with E-state index in [2.05, 4.69) is 35.9 Å². The number of hydrogen-bond donors (Lipinski definition) is 3. The standard InChI is InChI=1S/C10H9N7O/c1-5-11-10(16-13-5)12-9(18)6-2-3-7-8(4-6)15-17-14-7/h2-4H,1H3,(H,14,15,17)(H2,11,12,13,16,18). The summed E-state index contributed by atoms with van der Waals surface area (Å²) in [6.45, 7) is 1.75. The number of benzene rings is 1. The molecule has 0 saturated heterocycles. The zero-order chi connectivity index (χ0) is 12.5. The van der Waals surface area contributed by atoms with E-state index in [1.54, 1.807) is 25.1 Å². The molecular formula is C10H9N7O. The molecule has 0 unspecified atom stereocenters. The molecule has 8 nitrogen and oxygen atoms in total. The summed E-state index contributed by atoms with van der Waals surface area (Å²) in [4.78, 5) is 15.9. The Morgan fingerprint density at radius 3 is 2.83 bits per heavy atom. The molecule has 90 valence electrons. The summed E-state index contributed by atoms with van der Waals surface area (Å²) >= 11 is 0. The van der Waals surface area contributed by atoms with Crippen LogP contribution in [0.4, 0.5) is 5.95 Å². The molecule has 0 fully saturated rings. The number of fused-ring (bicyclic) bond motifs is 1. The number of hydrogen-bond acceptors (Lipinski definition) is 5. The van der Waals surface area contributed by atoms with E-state index in [4.69, 9.17) is 0 Å². The Hall–Kier alpha value is -2.77. The fourth-order valence-electron chi connectivity index (χ4n) is 1.55. The molecule has 18 heavy (non-hydrogen) atoms. The van der Waals surface area contributed by atoms with Crippen molar-refractivity contribution in [3.05, 3.63) is 29.6 Å². The van der Waals surface area contributed by atoms with Gasteiger partial charge in [-0.1, -0.05) is 0 Å². The molecule has 2 heterocycles. The average molecular weight is 243 g/mol. The van der Waals surface area contributed by atoms with Gasteiger partial charge in [0.05, 0.1) is 0 Å². The third-order valence-electron chi connectivity index (χ3n) is 2.40. The SMILES string of the molecule is Cc1nc(NC(=O)c2ccc3n[nH]nc3c2)n[nH]1. The minimum atomic E-state index is -0.293. The van der Waals surface area contributed by atoms with Crippen molar-refractivity contribution in [2.45, 2.75) is 6.92 Å². The maximum Gasteiger partial charge on any atom is 0.258 e. The summed E-state index contributed by atoms with van der Waals surface area (Å²) in [6, 6.07) is 5.03. The van der Waals surface area contributed by atoms with E-state index in [1.807, 2.05) is 0 Å². The van der Waals surface area contributed by atoms with E-state index < -0.39 is 0 Å². The van der Waals surface area contributed by atoms with E-state index in [1.165, 1.54) is 0 Å². The van der Waals surface area contributed by atoms with Gasteiger partial charge in [0, 0.05) is 5.56 Å². The third-order valence-corrected chi connectivity index (χ3v) is 2.40. The van der Waals surface area contributed by atoms with Gasteiger partial charge in [0.15, 0.2) is 0 Å². The Morgan fingerprint density at radius 2 is 2.06 bits per heavy atom. The Bertz CT molecular complexity index is 714. The first-order valence-electron chi connectivity index (χ1n) is 5.23. The first-order valence-corrected chi connectivity index (χ1v) is 5.23. The molecule has 0 aliphatic heterocycles. The maximum atomic E-state index is 11.9. The van der Waals surface area contributed by atoms with Crippen molar-refractivity contribution >= 4 is 22.9 Å². The summed E-state index contributed by atoms with van der Waals surface area (Å²) in [5, 5.41) is 19.4. The van der Waals surface area contributed by atoms with Crippen LogP contribution in [0.2, 0.25) is 0 Å². The maximum absolute atomic E-state index is 11.9.